The Hall–Kier alpha value is -2.78. The second-order valence-electron chi connectivity index (χ2n) is 6.60. The lowest BCUT2D eigenvalue weighted by Crippen LogP contribution is -2.36. The lowest BCUT2D eigenvalue weighted by molar-refractivity contribution is -0.116. The topological polar surface area (TPSA) is 106 Å². The molecule has 0 spiro atoms. The van der Waals surface area contributed by atoms with E-state index in [0.717, 1.165) is 17.4 Å². The Balaban J connectivity index is 1.76. The maximum atomic E-state index is 12.7. The molecule has 1 amide bonds. The quantitative estimate of drug-likeness (QED) is 0.736. The molecule has 28 heavy (non-hydrogen) atoms. The van der Waals surface area contributed by atoms with E-state index in [4.69, 9.17) is 0 Å². The smallest absolute Gasteiger partial charge is 0.271 e. The lowest BCUT2D eigenvalue weighted by atomic mass is 10.1. The summed E-state index contributed by atoms with van der Waals surface area (Å²) in [6.07, 6.45) is 2.92. The van der Waals surface area contributed by atoms with E-state index < -0.39 is 21.5 Å². The normalized spacial score (nSPS) is 14.8. The van der Waals surface area contributed by atoms with Crippen LogP contribution in [0.2, 0.25) is 0 Å². The molecule has 1 aromatic heterocycles. The highest BCUT2D eigenvalue weighted by atomic mass is 32.2. The molecule has 8 nitrogen and oxygen atoms in total. The fourth-order valence-electron chi connectivity index (χ4n) is 3.05. The van der Waals surface area contributed by atoms with Crippen molar-refractivity contribution in [3.05, 3.63) is 58.5 Å². The number of rotatable bonds is 6. The van der Waals surface area contributed by atoms with Crippen LogP contribution in [-0.4, -0.2) is 42.1 Å². The van der Waals surface area contributed by atoms with Crippen LogP contribution in [0.5, 0.6) is 0 Å². The van der Waals surface area contributed by atoms with Crippen molar-refractivity contribution >= 4 is 27.4 Å². The van der Waals surface area contributed by atoms with E-state index in [0.29, 0.717) is 24.3 Å². The highest BCUT2D eigenvalue weighted by Gasteiger charge is 2.30. The number of aromatic nitrogens is 1. The number of ketones is 1. The molecule has 1 N–H and O–H groups in total. The zero-order chi connectivity index (χ0) is 20.3. The van der Waals surface area contributed by atoms with Gasteiger partial charge in [-0.25, -0.2) is 8.42 Å². The number of nitrogens with zero attached hydrogens (tertiary/aromatic N) is 2. The molecule has 0 saturated carbocycles. The fourth-order valence-corrected chi connectivity index (χ4v) is 4.65. The molecule has 2 heterocycles. The third kappa shape index (κ3) is 4.20. The van der Waals surface area contributed by atoms with Crippen molar-refractivity contribution in [1.29, 1.82) is 0 Å². The summed E-state index contributed by atoms with van der Waals surface area (Å²) in [5, 5.41) is 2.63. The van der Waals surface area contributed by atoms with Crippen LogP contribution in [0.4, 0.5) is 5.69 Å². The van der Waals surface area contributed by atoms with E-state index in [9.17, 15) is 22.8 Å². The summed E-state index contributed by atoms with van der Waals surface area (Å²) in [4.78, 5) is 35.9. The maximum Gasteiger partial charge on any atom is 0.271 e. The van der Waals surface area contributed by atoms with Gasteiger partial charge in [-0.15, -0.1) is 0 Å². The number of carbonyl (C=O) groups excluding carboxylic acids is 2. The number of anilines is 1. The van der Waals surface area contributed by atoms with E-state index in [1.807, 2.05) is 0 Å². The second kappa shape index (κ2) is 8.07. The Kier molecular flexibility index (Phi) is 5.76. The van der Waals surface area contributed by atoms with Crippen molar-refractivity contribution < 1.29 is 18.0 Å². The molecule has 0 radical (unpaired) electrons. The summed E-state index contributed by atoms with van der Waals surface area (Å²) in [5.41, 5.74) is 0.273. The number of pyridine rings is 1. The van der Waals surface area contributed by atoms with Crippen LogP contribution < -0.4 is 10.9 Å². The van der Waals surface area contributed by atoms with Gasteiger partial charge >= 0.3 is 0 Å². The predicted molar refractivity (Wildman–Crippen MR) is 104 cm³/mol. The standard InChI is InChI=1S/C19H21N3O5S/c1-14(23)15-6-8-16(9-7-15)20-18(24)13-21-10-4-5-17(19(21)25)28(26,27)22-11-2-3-12-22/h4-10H,2-3,11-13H2,1H3,(H,20,24). The van der Waals surface area contributed by atoms with Gasteiger partial charge in [0.05, 0.1) is 0 Å². The number of Topliss-reactive ketones (excluding diaryl/α,β-unsaturated/α-hetero) is 1. The molecular formula is C19H21N3O5S. The van der Waals surface area contributed by atoms with Crippen LogP contribution in [0.1, 0.15) is 30.1 Å². The van der Waals surface area contributed by atoms with Gasteiger partial charge in [-0.05, 0) is 56.2 Å². The average Bonchev–Trinajstić information content (AvgIpc) is 3.19. The minimum absolute atomic E-state index is 0.0829. The van der Waals surface area contributed by atoms with Gasteiger partial charge in [0, 0.05) is 30.5 Å². The van der Waals surface area contributed by atoms with Gasteiger partial charge in [0.1, 0.15) is 11.4 Å². The second-order valence-corrected chi connectivity index (χ2v) is 8.50. The predicted octanol–water partition coefficient (Wildman–Crippen LogP) is 1.47. The number of sulfonamides is 1. The van der Waals surface area contributed by atoms with Gasteiger partial charge in [0.2, 0.25) is 15.9 Å². The molecule has 3 rings (SSSR count). The average molecular weight is 403 g/mol. The lowest BCUT2D eigenvalue weighted by Gasteiger charge is -2.16. The molecule has 0 aliphatic carbocycles. The summed E-state index contributed by atoms with van der Waals surface area (Å²) in [6, 6.07) is 9.07. The number of amides is 1. The van der Waals surface area contributed by atoms with Gasteiger partial charge in [0.25, 0.3) is 5.56 Å². The van der Waals surface area contributed by atoms with E-state index >= 15 is 0 Å². The minimum atomic E-state index is -3.86. The number of hydrogen-bond donors (Lipinski definition) is 1. The monoisotopic (exact) mass is 403 g/mol. The van der Waals surface area contributed by atoms with Crippen LogP contribution in [0.15, 0.2) is 52.3 Å². The summed E-state index contributed by atoms with van der Waals surface area (Å²) in [6.45, 7) is 1.92. The number of carbonyl (C=O) groups is 2. The molecule has 1 aliphatic heterocycles. The van der Waals surface area contributed by atoms with Crippen LogP contribution in [0.25, 0.3) is 0 Å². The molecule has 1 aliphatic rings. The van der Waals surface area contributed by atoms with Gasteiger partial charge in [-0.1, -0.05) is 0 Å². The Bertz CT molecular complexity index is 1050. The van der Waals surface area contributed by atoms with Crippen LogP contribution in [-0.2, 0) is 21.4 Å². The third-order valence-electron chi connectivity index (χ3n) is 4.56. The molecule has 148 valence electrons. The highest BCUT2D eigenvalue weighted by molar-refractivity contribution is 7.89. The Morgan fingerprint density at radius 3 is 2.32 bits per heavy atom. The van der Waals surface area contributed by atoms with E-state index in [1.165, 1.54) is 29.6 Å². The van der Waals surface area contributed by atoms with Crippen molar-refractivity contribution in [2.75, 3.05) is 18.4 Å². The Morgan fingerprint density at radius 2 is 1.71 bits per heavy atom. The number of benzene rings is 1. The first kappa shape index (κ1) is 20.0. The van der Waals surface area contributed by atoms with E-state index in [2.05, 4.69) is 5.32 Å². The molecule has 0 atom stereocenters. The summed E-state index contributed by atoms with van der Waals surface area (Å²) in [5.74, 6) is -0.561. The molecule has 2 aromatic rings. The molecule has 9 heteroatoms. The van der Waals surface area contributed by atoms with Crippen molar-refractivity contribution in [3.8, 4) is 0 Å². The number of hydrogen-bond acceptors (Lipinski definition) is 5. The zero-order valence-corrected chi connectivity index (χ0v) is 16.2. The molecule has 0 bridgehead atoms. The first-order valence-corrected chi connectivity index (χ1v) is 10.3. The summed E-state index contributed by atoms with van der Waals surface area (Å²) >= 11 is 0. The third-order valence-corrected chi connectivity index (χ3v) is 6.47. The van der Waals surface area contributed by atoms with Gasteiger partial charge in [-0.2, -0.15) is 4.31 Å². The Morgan fingerprint density at radius 1 is 1.07 bits per heavy atom. The van der Waals surface area contributed by atoms with E-state index in [1.54, 1.807) is 24.3 Å². The van der Waals surface area contributed by atoms with Crippen LogP contribution in [0.3, 0.4) is 0 Å². The van der Waals surface area contributed by atoms with Crippen LogP contribution in [0, 0.1) is 0 Å². The van der Waals surface area contributed by atoms with Gasteiger partial charge in [0.15, 0.2) is 5.78 Å². The van der Waals surface area contributed by atoms with Crippen molar-refractivity contribution in [2.45, 2.75) is 31.2 Å². The first-order chi connectivity index (χ1) is 13.3. The molecule has 1 saturated heterocycles. The molecule has 0 unspecified atom stereocenters. The highest BCUT2D eigenvalue weighted by Crippen LogP contribution is 2.18. The van der Waals surface area contributed by atoms with Crippen molar-refractivity contribution in [1.82, 2.24) is 8.87 Å². The summed E-state index contributed by atoms with van der Waals surface area (Å²) in [7, 11) is -3.86. The Labute approximate surface area is 162 Å². The SMILES string of the molecule is CC(=O)c1ccc(NC(=O)Cn2cccc(S(=O)(=O)N3CCCC3)c2=O)cc1. The fraction of sp³-hybridized carbons (Fsp3) is 0.316. The summed E-state index contributed by atoms with van der Waals surface area (Å²) < 4.78 is 27.7. The largest absolute Gasteiger partial charge is 0.325 e. The van der Waals surface area contributed by atoms with Crippen LogP contribution >= 0.6 is 0 Å². The van der Waals surface area contributed by atoms with Crippen molar-refractivity contribution in [3.63, 3.8) is 0 Å². The van der Waals surface area contributed by atoms with Gasteiger partial charge in [-0.3, -0.25) is 14.4 Å². The zero-order valence-electron chi connectivity index (χ0n) is 15.4. The minimum Gasteiger partial charge on any atom is -0.325 e. The molecular weight excluding hydrogens is 382 g/mol. The maximum absolute atomic E-state index is 12.7. The number of nitrogens with one attached hydrogen (secondary N) is 1. The molecule has 1 aromatic carbocycles. The first-order valence-electron chi connectivity index (χ1n) is 8.89. The van der Waals surface area contributed by atoms with Gasteiger partial charge < -0.3 is 9.88 Å². The molecule has 1 fully saturated rings. The van der Waals surface area contributed by atoms with E-state index in [-0.39, 0.29) is 17.2 Å². The van der Waals surface area contributed by atoms with Crippen molar-refractivity contribution in [2.24, 2.45) is 0 Å².